The summed E-state index contributed by atoms with van der Waals surface area (Å²) in [6.07, 6.45) is 10.4. The second kappa shape index (κ2) is 13.0. The summed E-state index contributed by atoms with van der Waals surface area (Å²) in [5.41, 5.74) is 12.8. The average Bonchev–Trinajstić information content (AvgIpc) is 3.81. The Morgan fingerprint density at radius 1 is 0.545 bits per heavy atom. The van der Waals surface area contributed by atoms with Crippen LogP contribution in [0.5, 0.6) is 0 Å². The van der Waals surface area contributed by atoms with Gasteiger partial charge in [0.25, 0.3) is 0 Å². The van der Waals surface area contributed by atoms with Crippen molar-refractivity contribution in [1.82, 2.24) is 0 Å². The lowest BCUT2D eigenvalue weighted by molar-refractivity contribution is 1.16. The Labute approximate surface area is 329 Å². The lowest BCUT2D eigenvalue weighted by Gasteiger charge is -2.27. The van der Waals surface area contributed by atoms with Crippen LogP contribution in [-0.2, 0) is 12.8 Å². The van der Waals surface area contributed by atoms with E-state index >= 15 is 0 Å². The van der Waals surface area contributed by atoms with Gasteiger partial charge in [0.1, 0.15) is 0 Å². The Morgan fingerprint density at radius 2 is 1.29 bits per heavy atom. The van der Waals surface area contributed by atoms with Crippen LogP contribution in [0.25, 0.3) is 64.0 Å². The van der Waals surface area contributed by atoms with Gasteiger partial charge in [0.15, 0.2) is 0 Å². The fraction of sp³-hybridized carbons (Fsp3) is 0.0385. The molecule has 11 rings (SSSR count). The molecule has 8 aromatic carbocycles. The van der Waals surface area contributed by atoms with Gasteiger partial charge in [0.05, 0.1) is 0 Å². The first kappa shape index (κ1) is 32.3. The van der Waals surface area contributed by atoms with E-state index in [1.807, 2.05) is 11.3 Å². The van der Waals surface area contributed by atoms with Crippen LogP contribution in [0.1, 0.15) is 16.7 Å². The summed E-state index contributed by atoms with van der Waals surface area (Å²) in [7, 11) is 0. The molecule has 0 spiro atoms. The molecule has 2 aliphatic rings. The monoisotopic (exact) mass is 737 g/mol. The maximum atomic E-state index is 4.35. The minimum absolute atomic E-state index is 0.886. The first-order valence-corrected chi connectivity index (χ1v) is 20.5. The van der Waals surface area contributed by atoms with E-state index in [-0.39, 0.29) is 0 Å². The second-order valence-electron chi connectivity index (χ2n) is 14.5. The third-order valence-electron chi connectivity index (χ3n) is 11.3. The molecule has 0 saturated carbocycles. The van der Waals surface area contributed by atoms with Crippen molar-refractivity contribution >= 4 is 81.9 Å². The van der Waals surface area contributed by atoms with Crippen molar-refractivity contribution in [2.45, 2.75) is 17.7 Å². The van der Waals surface area contributed by atoms with Gasteiger partial charge < -0.3 is 4.90 Å². The molecule has 2 heterocycles. The number of hydrogen-bond donors (Lipinski definition) is 0. The number of hydrogen-bond acceptors (Lipinski definition) is 3. The first-order valence-electron chi connectivity index (χ1n) is 18.9. The highest BCUT2D eigenvalue weighted by atomic mass is 32.2. The molecule has 0 N–H and O–H groups in total. The number of anilines is 3. The van der Waals surface area contributed by atoms with Crippen molar-refractivity contribution < 1.29 is 0 Å². The molecule has 0 radical (unpaired) electrons. The SMILES string of the molecule is C=C1/C=C\C=C/Cc2ccc(N(c3ccc(-c4cccc5ccccc45)cc3)c3ccc4c(c3)sc3ccc5c(c34)-c3ccc4ccccc4c3C5)cc2S1. The first-order chi connectivity index (χ1) is 27.2. The predicted molar refractivity (Wildman–Crippen MR) is 240 cm³/mol. The summed E-state index contributed by atoms with van der Waals surface area (Å²) in [6, 6.07) is 56.5. The van der Waals surface area contributed by atoms with Crippen molar-refractivity contribution in [2.75, 3.05) is 4.90 Å². The van der Waals surface area contributed by atoms with Crippen LogP contribution in [0.3, 0.4) is 0 Å². The normalized spacial score (nSPS) is 14.7. The highest BCUT2D eigenvalue weighted by Gasteiger charge is 2.25. The van der Waals surface area contributed by atoms with E-state index < -0.39 is 0 Å². The fourth-order valence-electron chi connectivity index (χ4n) is 8.72. The average molecular weight is 738 g/mol. The van der Waals surface area contributed by atoms with Crippen molar-refractivity contribution in [1.29, 1.82) is 0 Å². The van der Waals surface area contributed by atoms with Gasteiger partial charge in [-0.25, -0.2) is 0 Å². The summed E-state index contributed by atoms with van der Waals surface area (Å²) in [4.78, 5) is 4.69. The van der Waals surface area contributed by atoms with Crippen LogP contribution in [0.15, 0.2) is 192 Å². The highest BCUT2D eigenvalue weighted by molar-refractivity contribution is 8.03. The maximum absolute atomic E-state index is 4.35. The largest absolute Gasteiger partial charge is 0.310 e. The number of thiophene rings is 1. The topological polar surface area (TPSA) is 3.24 Å². The van der Waals surface area contributed by atoms with E-state index in [1.165, 1.54) is 85.6 Å². The van der Waals surface area contributed by atoms with Gasteiger partial charge in [-0.15, -0.1) is 11.3 Å². The standard InChI is InChI=1S/C52H35NS2/c1-33-10-3-2-4-13-37-20-25-40(31-49(37)54-33)53(39-23-18-36(19-24-39)43-17-9-14-34-11-5-7-15-42(34)43)41-26-28-46-50(32-41)55-48-29-22-38-30-47-44-16-8-6-12-35(44)21-27-45(47)51(38)52(46)48/h2-12,14-29,31-32H,1,13,30H2/b4-2-,10-3-. The zero-order chi connectivity index (χ0) is 36.5. The molecule has 1 aromatic heterocycles. The molecule has 0 atom stereocenters. The van der Waals surface area contributed by atoms with Gasteiger partial charge in [-0.3, -0.25) is 0 Å². The number of allylic oxidation sites excluding steroid dienone is 4. The second-order valence-corrected chi connectivity index (χ2v) is 16.8. The fourth-order valence-corrected chi connectivity index (χ4v) is 10.8. The quantitative estimate of drug-likeness (QED) is 0.177. The Kier molecular flexibility index (Phi) is 7.65. The molecular weight excluding hydrogens is 703 g/mol. The van der Waals surface area contributed by atoms with Crippen LogP contribution < -0.4 is 4.90 Å². The number of rotatable bonds is 4. The maximum Gasteiger partial charge on any atom is 0.0476 e. The molecular formula is C52H35NS2. The number of benzene rings is 8. The molecule has 0 unspecified atom stereocenters. The predicted octanol–water partition coefficient (Wildman–Crippen LogP) is 15.3. The lowest BCUT2D eigenvalue weighted by atomic mass is 9.97. The summed E-state index contributed by atoms with van der Waals surface area (Å²) in [5.74, 6) is 0. The van der Waals surface area contributed by atoms with Crippen molar-refractivity contribution in [2.24, 2.45) is 0 Å². The molecule has 0 bridgehead atoms. The highest BCUT2D eigenvalue weighted by Crippen LogP contribution is 2.50. The van der Waals surface area contributed by atoms with Gasteiger partial charge in [-0.1, -0.05) is 146 Å². The van der Waals surface area contributed by atoms with E-state index in [9.17, 15) is 0 Å². The van der Waals surface area contributed by atoms with Crippen molar-refractivity contribution in [3.63, 3.8) is 0 Å². The Balaban J connectivity index is 1.06. The van der Waals surface area contributed by atoms with Gasteiger partial charge in [-0.2, -0.15) is 0 Å². The van der Waals surface area contributed by atoms with E-state index in [0.29, 0.717) is 0 Å². The lowest BCUT2D eigenvalue weighted by Crippen LogP contribution is -2.10. The van der Waals surface area contributed by atoms with Crippen molar-refractivity contribution in [3.05, 3.63) is 204 Å². The van der Waals surface area contributed by atoms with Gasteiger partial charge in [0, 0.05) is 47.0 Å². The van der Waals surface area contributed by atoms with Crippen LogP contribution in [0.2, 0.25) is 0 Å². The molecule has 0 saturated heterocycles. The number of thioether (sulfide) groups is 1. The van der Waals surface area contributed by atoms with E-state index in [2.05, 4.69) is 187 Å². The van der Waals surface area contributed by atoms with E-state index in [1.54, 1.807) is 11.8 Å². The molecule has 260 valence electrons. The minimum Gasteiger partial charge on any atom is -0.310 e. The molecule has 3 heteroatoms. The van der Waals surface area contributed by atoms with Gasteiger partial charge >= 0.3 is 0 Å². The zero-order valence-corrected chi connectivity index (χ0v) is 31.8. The van der Waals surface area contributed by atoms with Gasteiger partial charge in [0.2, 0.25) is 0 Å². The molecule has 1 aliphatic heterocycles. The minimum atomic E-state index is 0.886. The van der Waals surface area contributed by atoms with Crippen LogP contribution in [0.4, 0.5) is 17.1 Å². The molecule has 1 aliphatic carbocycles. The number of fused-ring (bicyclic) bond motifs is 11. The summed E-state index contributed by atoms with van der Waals surface area (Å²) in [5, 5.41) is 7.92. The summed E-state index contributed by atoms with van der Waals surface area (Å²) < 4.78 is 2.64. The summed E-state index contributed by atoms with van der Waals surface area (Å²) >= 11 is 3.65. The van der Waals surface area contributed by atoms with Crippen LogP contribution in [0, 0.1) is 0 Å². The van der Waals surface area contributed by atoms with E-state index in [4.69, 9.17) is 0 Å². The molecule has 0 fully saturated rings. The molecule has 9 aromatic rings. The molecule has 1 nitrogen and oxygen atoms in total. The Bertz CT molecular complexity index is 3080. The molecule has 0 amide bonds. The number of nitrogens with zero attached hydrogens (tertiary/aromatic N) is 1. The smallest absolute Gasteiger partial charge is 0.0476 e. The third-order valence-corrected chi connectivity index (χ3v) is 13.4. The van der Waals surface area contributed by atoms with Crippen LogP contribution in [-0.4, -0.2) is 0 Å². The Morgan fingerprint density at radius 3 is 2.18 bits per heavy atom. The van der Waals surface area contributed by atoms with Gasteiger partial charge in [-0.05, 0) is 122 Å². The third kappa shape index (κ3) is 5.46. The van der Waals surface area contributed by atoms with Crippen molar-refractivity contribution in [3.8, 4) is 22.3 Å². The molecule has 55 heavy (non-hydrogen) atoms. The zero-order valence-electron chi connectivity index (χ0n) is 30.1. The summed E-state index contributed by atoms with van der Waals surface area (Å²) in [6.45, 7) is 4.35. The van der Waals surface area contributed by atoms with Crippen LogP contribution >= 0.6 is 23.1 Å². The Hall–Kier alpha value is -6.13. The van der Waals surface area contributed by atoms with E-state index in [0.717, 1.165) is 34.8 Å².